The number of anilines is 1. The van der Waals surface area contributed by atoms with Gasteiger partial charge in [-0.1, -0.05) is 17.7 Å². The van der Waals surface area contributed by atoms with Crippen molar-refractivity contribution in [2.75, 3.05) is 25.5 Å². The van der Waals surface area contributed by atoms with Crippen LogP contribution in [0.4, 0.5) is 5.69 Å². The Hall–Kier alpha value is -0.730. The Morgan fingerprint density at radius 1 is 1.62 bits per heavy atom. The normalized spacial score (nSPS) is 19.7. The summed E-state index contributed by atoms with van der Waals surface area (Å²) in [7, 11) is 1.97. The molecular formula is C10H13ClN2. The lowest BCUT2D eigenvalue weighted by molar-refractivity contribution is 0.674. The summed E-state index contributed by atoms with van der Waals surface area (Å²) in [6.45, 7) is 1.96. The Kier molecular flexibility index (Phi) is 2.42. The maximum atomic E-state index is 6.13. The van der Waals surface area contributed by atoms with Crippen molar-refractivity contribution in [2.45, 2.75) is 5.92 Å². The van der Waals surface area contributed by atoms with Crippen molar-refractivity contribution in [3.8, 4) is 0 Å². The monoisotopic (exact) mass is 196 g/mol. The quantitative estimate of drug-likeness (QED) is 0.757. The van der Waals surface area contributed by atoms with E-state index in [1.807, 2.05) is 19.2 Å². The minimum absolute atomic E-state index is 0.508. The van der Waals surface area contributed by atoms with Gasteiger partial charge in [-0.3, -0.25) is 0 Å². The van der Waals surface area contributed by atoms with E-state index in [9.17, 15) is 0 Å². The summed E-state index contributed by atoms with van der Waals surface area (Å²) in [6.07, 6.45) is 0. The zero-order valence-electron chi connectivity index (χ0n) is 7.60. The SMILES string of the molecule is CNCC1CNc2cccc(Cl)c21. The van der Waals surface area contributed by atoms with E-state index in [4.69, 9.17) is 11.6 Å². The molecule has 1 aromatic carbocycles. The molecule has 0 saturated heterocycles. The van der Waals surface area contributed by atoms with E-state index in [1.54, 1.807) is 0 Å². The van der Waals surface area contributed by atoms with E-state index in [0.29, 0.717) is 5.92 Å². The van der Waals surface area contributed by atoms with Crippen molar-refractivity contribution in [3.63, 3.8) is 0 Å². The molecule has 0 spiro atoms. The summed E-state index contributed by atoms with van der Waals surface area (Å²) in [5.41, 5.74) is 2.45. The number of hydrogen-bond donors (Lipinski definition) is 2. The molecule has 1 aliphatic heterocycles. The molecule has 1 atom stereocenters. The molecule has 0 amide bonds. The maximum Gasteiger partial charge on any atom is 0.0462 e. The minimum atomic E-state index is 0.508. The first-order chi connectivity index (χ1) is 6.33. The van der Waals surface area contributed by atoms with Crippen molar-refractivity contribution in [1.82, 2.24) is 5.32 Å². The lowest BCUT2D eigenvalue weighted by atomic mass is 10.0. The van der Waals surface area contributed by atoms with Crippen LogP contribution < -0.4 is 10.6 Å². The summed E-state index contributed by atoms with van der Waals surface area (Å²) >= 11 is 6.13. The van der Waals surface area contributed by atoms with Gasteiger partial charge in [0.25, 0.3) is 0 Å². The molecule has 2 N–H and O–H groups in total. The number of likely N-dealkylation sites (N-methyl/N-ethyl adjacent to an activating group) is 1. The fourth-order valence-electron chi connectivity index (χ4n) is 1.86. The first-order valence-corrected chi connectivity index (χ1v) is 4.87. The van der Waals surface area contributed by atoms with Crippen LogP contribution in [0, 0.1) is 0 Å². The zero-order chi connectivity index (χ0) is 9.26. The van der Waals surface area contributed by atoms with E-state index in [1.165, 1.54) is 11.3 Å². The number of nitrogens with one attached hydrogen (secondary N) is 2. The van der Waals surface area contributed by atoms with Gasteiger partial charge in [-0.25, -0.2) is 0 Å². The predicted octanol–water partition coefficient (Wildman–Crippen LogP) is 2.07. The molecule has 0 aromatic heterocycles. The Morgan fingerprint density at radius 3 is 3.23 bits per heavy atom. The minimum Gasteiger partial charge on any atom is -0.384 e. The van der Waals surface area contributed by atoms with E-state index in [0.717, 1.165) is 18.1 Å². The molecule has 0 saturated carbocycles. The molecule has 3 heteroatoms. The number of fused-ring (bicyclic) bond motifs is 1. The van der Waals surface area contributed by atoms with Crippen molar-refractivity contribution in [1.29, 1.82) is 0 Å². The van der Waals surface area contributed by atoms with E-state index in [2.05, 4.69) is 16.7 Å². The highest BCUT2D eigenvalue weighted by atomic mass is 35.5. The summed E-state index contributed by atoms with van der Waals surface area (Å²) in [5.74, 6) is 0.508. The molecule has 0 radical (unpaired) electrons. The van der Waals surface area contributed by atoms with Gasteiger partial charge < -0.3 is 10.6 Å². The van der Waals surface area contributed by atoms with Crippen LogP contribution in [0.25, 0.3) is 0 Å². The molecule has 1 unspecified atom stereocenters. The third kappa shape index (κ3) is 1.52. The molecule has 1 heterocycles. The van der Waals surface area contributed by atoms with Gasteiger partial charge >= 0.3 is 0 Å². The van der Waals surface area contributed by atoms with Gasteiger partial charge in [-0.2, -0.15) is 0 Å². The molecular weight excluding hydrogens is 184 g/mol. The van der Waals surface area contributed by atoms with E-state index >= 15 is 0 Å². The topological polar surface area (TPSA) is 24.1 Å². The average molecular weight is 197 g/mol. The fraction of sp³-hybridized carbons (Fsp3) is 0.400. The first kappa shape index (κ1) is 8.85. The lowest BCUT2D eigenvalue weighted by Crippen LogP contribution is -2.18. The summed E-state index contributed by atoms with van der Waals surface area (Å²) in [6, 6.07) is 6.02. The van der Waals surface area contributed by atoms with E-state index < -0.39 is 0 Å². The highest BCUT2D eigenvalue weighted by Gasteiger charge is 2.23. The van der Waals surface area contributed by atoms with Crippen LogP contribution in [0.2, 0.25) is 5.02 Å². The Morgan fingerprint density at radius 2 is 2.46 bits per heavy atom. The van der Waals surface area contributed by atoms with Gasteiger partial charge in [-0.05, 0) is 24.7 Å². The zero-order valence-corrected chi connectivity index (χ0v) is 8.36. The van der Waals surface area contributed by atoms with Gasteiger partial charge in [0.2, 0.25) is 0 Å². The maximum absolute atomic E-state index is 6.13. The summed E-state index contributed by atoms with van der Waals surface area (Å²) in [4.78, 5) is 0. The molecule has 1 aliphatic rings. The molecule has 2 nitrogen and oxygen atoms in total. The molecule has 0 aliphatic carbocycles. The molecule has 2 rings (SSSR count). The van der Waals surface area contributed by atoms with Crippen LogP contribution in [-0.4, -0.2) is 20.1 Å². The molecule has 0 fully saturated rings. The summed E-state index contributed by atoms with van der Waals surface area (Å²) in [5, 5.41) is 7.41. The van der Waals surface area contributed by atoms with Crippen LogP contribution in [0.15, 0.2) is 18.2 Å². The second-order valence-electron chi connectivity index (χ2n) is 3.34. The van der Waals surface area contributed by atoms with Crippen LogP contribution in [0.3, 0.4) is 0 Å². The van der Waals surface area contributed by atoms with Crippen molar-refractivity contribution >= 4 is 17.3 Å². The van der Waals surface area contributed by atoms with Gasteiger partial charge in [0.05, 0.1) is 0 Å². The van der Waals surface area contributed by atoms with Crippen LogP contribution in [0.5, 0.6) is 0 Å². The van der Waals surface area contributed by atoms with Gasteiger partial charge in [0.15, 0.2) is 0 Å². The van der Waals surface area contributed by atoms with Gasteiger partial charge in [0, 0.05) is 29.7 Å². The number of halogens is 1. The molecule has 0 bridgehead atoms. The highest BCUT2D eigenvalue weighted by molar-refractivity contribution is 6.32. The Labute approximate surface area is 83.3 Å². The third-order valence-electron chi connectivity index (χ3n) is 2.45. The lowest BCUT2D eigenvalue weighted by Gasteiger charge is -2.10. The Balaban J connectivity index is 2.34. The second kappa shape index (κ2) is 3.56. The number of hydrogen-bond acceptors (Lipinski definition) is 2. The number of benzene rings is 1. The van der Waals surface area contributed by atoms with Crippen molar-refractivity contribution in [2.24, 2.45) is 0 Å². The largest absolute Gasteiger partial charge is 0.384 e. The third-order valence-corrected chi connectivity index (χ3v) is 2.78. The number of rotatable bonds is 2. The van der Waals surface area contributed by atoms with Crippen molar-refractivity contribution < 1.29 is 0 Å². The summed E-state index contributed by atoms with van der Waals surface area (Å²) < 4.78 is 0. The molecule has 1 aromatic rings. The Bertz CT molecular complexity index is 310. The fourth-order valence-corrected chi connectivity index (χ4v) is 2.19. The highest BCUT2D eigenvalue weighted by Crippen LogP contribution is 2.36. The van der Waals surface area contributed by atoms with Crippen LogP contribution >= 0.6 is 11.6 Å². The van der Waals surface area contributed by atoms with Gasteiger partial charge in [-0.15, -0.1) is 0 Å². The smallest absolute Gasteiger partial charge is 0.0462 e. The van der Waals surface area contributed by atoms with Crippen LogP contribution in [0.1, 0.15) is 11.5 Å². The molecule has 13 heavy (non-hydrogen) atoms. The second-order valence-corrected chi connectivity index (χ2v) is 3.74. The predicted molar refractivity (Wildman–Crippen MR) is 56.6 cm³/mol. The van der Waals surface area contributed by atoms with Gasteiger partial charge in [0.1, 0.15) is 0 Å². The molecule has 70 valence electrons. The standard InChI is InChI=1S/C10H13ClN2/c1-12-5-7-6-13-9-4-2-3-8(11)10(7)9/h2-4,7,12-13H,5-6H2,1H3. The average Bonchev–Trinajstić information content (AvgIpc) is 2.51. The van der Waals surface area contributed by atoms with Crippen LogP contribution in [-0.2, 0) is 0 Å². The first-order valence-electron chi connectivity index (χ1n) is 4.50. The van der Waals surface area contributed by atoms with Crippen molar-refractivity contribution in [3.05, 3.63) is 28.8 Å². The van der Waals surface area contributed by atoms with E-state index in [-0.39, 0.29) is 0 Å².